The molecular weight excluding hydrogens is 233 g/mol. The predicted molar refractivity (Wildman–Crippen MR) is 63.3 cm³/mol. The zero-order chi connectivity index (χ0) is 13.0. The molecular formula is C13H10FN3O. The minimum Gasteiger partial charge on any atom is -0.494 e. The number of ether oxygens (including phenoxy) is 1. The summed E-state index contributed by atoms with van der Waals surface area (Å²) >= 11 is 0. The maximum absolute atomic E-state index is 13.6. The van der Waals surface area contributed by atoms with Crippen LogP contribution in [0.4, 0.5) is 4.39 Å². The SMILES string of the molecule is COc1ccc(-c2ccnc(CC#N)n2)cc1F. The Balaban J connectivity index is 2.39. The molecule has 0 N–H and O–H groups in total. The van der Waals surface area contributed by atoms with Crippen molar-refractivity contribution >= 4 is 0 Å². The van der Waals surface area contributed by atoms with Gasteiger partial charge in [-0.2, -0.15) is 5.26 Å². The lowest BCUT2D eigenvalue weighted by atomic mass is 10.1. The largest absolute Gasteiger partial charge is 0.494 e. The molecule has 0 saturated carbocycles. The molecule has 1 aromatic carbocycles. The second-order valence-corrected chi connectivity index (χ2v) is 3.54. The molecule has 0 saturated heterocycles. The zero-order valence-electron chi connectivity index (χ0n) is 9.72. The van der Waals surface area contributed by atoms with Gasteiger partial charge in [-0.25, -0.2) is 14.4 Å². The summed E-state index contributed by atoms with van der Waals surface area (Å²) in [5.41, 5.74) is 1.20. The number of nitrogens with zero attached hydrogens (tertiary/aromatic N) is 3. The molecule has 2 aromatic rings. The number of benzene rings is 1. The van der Waals surface area contributed by atoms with E-state index in [1.807, 2.05) is 6.07 Å². The van der Waals surface area contributed by atoms with E-state index in [-0.39, 0.29) is 12.2 Å². The van der Waals surface area contributed by atoms with Crippen molar-refractivity contribution in [3.63, 3.8) is 0 Å². The third-order valence-corrected chi connectivity index (χ3v) is 2.39. The molecule has 0 bridgehead atoms. The van der Waals surface area contributed by atoms with Crippen molar-refractivity contribution < 1.29 is 9.13 Å². The fourth-order valence-corrected chi connectivity index (χ4v) is 1.54. The van der Waals surface area contributed by atoms with Crippen LogP contribution in [0, 0.1) is 17.1 Å². The van der Waals surface area contributed by atoms with Gasteiger partial charge in [-0.05, 0) is 24.3 Å². The molecule has 2 rings (SSSR count). The van der Waals surface area contributed by atoms with Crippen LogP contribution in [0.15, 0.2) is 30.5 Å². The Morgan fingerprint density at radius 1 is 1.39 bits per heavy atom. The van der Waals surface area contributed by atoms with E-state index in [0.29, 0.717) is 17.1 Å². The smallest absolute Gasteiger partial charge is 0.165 e. The molecule has 0 aliphatic heterocycles. The number of halogens is 1. The van der Waals surface area contributed by atoms with E-state index >= 15 is 0 Å². The molecule has 0 amide bonds. The number of hydrogen-bond donors (Lipinski definition) is 0. The van der Waals surface area contributed by atoms with Gasteiger partial charge in [-0.3, -0.25) is 0 Å². The summed E-state index contributed by atoms with van der Waals surface area (Å²) in [5.74, 6) is 0.159. The highest BCUT2D eigenvalue weighted by Crippen LogP contribution is 2.23. The Bertz CT molecular complexity index is 607. The molecule has 0 atom stereocenters. The zero-order valence-corrected chi connectivity index (χ0v) is 9.72. The van der Waals surface area contributed by atoms with Crippen LogP contribution in [-0.4, -0.2) is 17.1 Å². The quantitative estimate of drug-likeness (QED) is 0.830. The lowest BCUT2D eigenvalue weighted by molar-refractivity contribution is 0.386. The van der Waals surface area contributed by atoms with Gasteiger partial charge >= 0.3 is 0 Å². The average molecular weight is 243 g/mol. The number of hydrogen-bond acceptors (Lipinski definition) is 4. The van der Waals surface area contributed by atoms with Gasteiger partial charge in [0.25, 0.3) is 0 Å². The second-order valence-electron chi connectivity index (χ2n) is 3.54. The van der Waals surface area contributed by atoms with Crippen LogP contribution >= 0.6 is 0 Å². The maximum Gasteiger partial charge on any atom is 0.165 e. The van der Waals surface area contributed by atoms with Crippen LogP contribution in [0.2, 0.25) is 0 Å². The molecule has 0 spiro atoms. The molecule has 5 heteroatoms. The van der Waals surface area contributed by atoms with Gasteiger partial charge in [0.2, 0.25) is 0 Å². The molecule has 0 unspecified atom stereocenters. The fourth-order valence-electron chi connectivity index (χ4n) is 1.54. The summed E-state index contributed by atoms with van der Waals surface area (Å²) in [6.45, 7) is 0. The second kappa shape index (κ2) is 5.23. The number of aromatic nitrogens is 2. The van der Waals surface area contributed by atoms with Crippen molar-refractivity contribution in [3.05, 3.63) is 42.1 Å². The first-order valence-electron chi connectivity index (χ1n) is 5.27. The van der Waals surface area contributed by atoms with Gasteiger partial charge in [0, 0.05) is 11.8 Å². The summed E-state index contributed by atoms with van der Waals surface area (Å²) in [6.07, 6.45) is 1.68. The summed E-state index contributed by atoms with van der Waals surface area (Å²) in [5, 5.41) is 8.59. The first kappa shape index (κ1) is 12.0. The van der Waals surface area contributed by atoms with E-state index in [1.165, 1.54) is 19.2 Å². The van der Waals surface area contributed by atoms with E-state index in [9.17, 15) is 4.39 Å². The highest BCUT2D eigenvalue weighted by atomic mass is 19.1. The highest BCUT2D eigenvalue weighted by molar-refractivity contribution is 5.60. The van der Waals surface area contributed by atoms with Crippen molar-refractivity contribution in [2.24, 2.45) is 0 Å². The van der Waals surface area contributed by atoms with Crippen molar-refractivity contribution in [1.29, 1.82) is 5.26 Å². The first-order valence-corrected chi connectivity index (χ1v) is 5.27. The highest BCUT2D eigenvalue weighted by Gasteiger charge is 2.07. The first-order chi connectivity index (χ1) is 8.74. The maximum atomic E-state index is 13.6. The van der Waals surface area contributed by atoms with Gasteiger partial charge in [0.1, 0.15) is 5.82 Å². The number of methoxy groups -OCH3 is 1. The van der Waals surface area contributed by atoms with Crippen molar-refractivity contribution in [2.75, 3.05) is 7.11 Å². The third kappa shape index (κ3) is 2.43. The third-order valence-electron chi connectivity index (χ3n) is 2.39. The Hall–Kier alpha value is -2.48. The van der Waals surface area contributed by atoms with E-state index in [2.05, 4.69) is 9.97 Å². The lowest BCUT2D eigenvalue weighted by Crippen LogP contribution is -1.95. The molecule has 4 nitrogen and oxygen atoms in total. The Morgan fingerprint density at radius 3 is 2.89 bits per heavy atom. The Labute approximate surface area is 104 Å². The van der Waals surface area contributed by atoms with Crippen LogP contribution in [0.25, 0.3) is 11.3 Å². The predicted octanol–water partition coefficient (Wildman–Crippen LogP) is 2.36. The minimum absolute atomic E-state index is 0.131. The molecule has 1 aromatic heterocycles. The molecule has 18 heavy (non-hydrogen) atoms. The topological polar surface area (TPSA) is 58.8 Å². The van der Waals surface area contributed by atoms with Crippen molar-refractivity contribution in [3.8, 4) is 23.1 Å². The molecule has 0 aliphatic rings. The molecule has 90 valence electrons. The van der Waals surface area contributed by atoms with Crippen LogP contribution in [0.3, 0.4) is 0 Å². The van der Waals surface area contributed by atoms with E-state index < -0.39 is 5.82 Å². The molecule has 1 heterocycles. The van der Waals surface area contributed by atoms with Crippen LogP contribution in [0.1, 0.15) is 5.82 Å². The van der Waals surface area contributed by atoms with Crippen molar-refractivity contribution in [2.45, 2.75) is 6.42 Å². The van der Waals surface area contributed by atoms with Crippen molar-refractivity contribution in [1.82, 2.24) is 9.97 Å². The van der Waals surface area contributed by atoms with Crippen LogP contribution < -0.4 is 4.74 Å². The molecule has 0 fully saturated rings. The van der Waals surface area contributed by atoms with E-state index in [4.69, 9.17) is 10.00 Å². The van der Waals surface area contributed by atoms with Gasteiger partial charge in [0.15, 0.2) is 11.6 Å². The number of rotatable bonds is 3. The normalized spacial score (nSPS) is 9.83. The lowest BCUT2D eigenvalue weighted by Gasteiger charge is -2.05. The van der Waals surface area contributed by atoms with Crippen LogP contribution in [-0.2, 0) is 6.42 Å². The van der Waals surface area contributed by atoms with Crippen LogP contribution in [0.5, 0.6) is 5.75 Å². The molecule has 0 radical (unpaired) electrons. The number of nitriles is 1. The summed E-state index contributed by atoms with van der Waals surface area (Å²) < 4.78 is 18.4. The minimum atomic E-state index is -0.449. The monoisotopic (exact) mass is 243 g/mol. The summed E-state index contributed by atoms with van der Waals surface area (Å²) in [4.78, 5) is 8.15. The van der Waals surface area contributed by atoms with E-state index in [1.54, 1.807) is 18.3 Å². The van der Waals surface area contributed by atoms with Gasteiger partial charge in [0.05, 0.1) is 25.3 Å². The van der Waals surface area contributed by atoms with E-state index in [0.717, 1.165) is 0 Å². The fraction of sp³-hybridized carbons (Fsp3) is 0.154. The van der Waals surface area contributed by atoms with Gasteiger partial charge in [-0.15, -0.1) is 0 Å². The van der Waals surface area contributed by atoms with Gasteiger partial charge in [-0.1, -0.05) is 0 Å². The average Bonchev–Trinajstić information content (AvgIpc) is 2.39. The molecule has 0 aliphatic carbocycles. The van der Waals surface area contributed by atoms with Gasteiger partial charge < -0.3 is 4.74 Å². The Morgan fingerprint density at radius 2 is 2.22 bits per heavy atom. The summed E-state index contributed by atoms with van der Waals surface area (Å²) in [7, 11) is 1.41. The summed E-state index contributed by atoms with van der Waals surface area (Å²) in [6, 6.07) is 8.23. The Kier molecular flexibility index (Phi) is 3.49. The standard InChI is InChI=1S/C13H10FN3O/c1-18-12-3-2-9(8-10(12)14)11-5-7-16-13(17-11)4-6-15/h2-3,5,7-8H,4H2,1H3.